The summed E-state index contributed by atoms with van der Waals surface area (Å²) in [6.07, 6.45) is 2.29. The second kappa shape index (κ2) is 6.87. The molecule has 0 amide bonds. The Hall–Kier alpha value is -0.650. The summed E-state index contributed by atoms with van der Waals surface area (Å²) in [6, 6.07) is 6.74. The summed E-state index contributed by atoms with van der Waals surface area (Å²) in [4.78, 5) is 5.35. The lowest BCUT2D eigenvalue weighted by Crippen LogP contribution is -2.40. The van der Waals surface area contributed by atoms with Gasteiger partial charge in [-0.1, -0.05) is 35.1 Å². The lowest BCUT2D eigenvalue weighted by Gasteiger charge is -2.33. The first-order valence-corrected chi connectivity index (χ1v) is 8.27. The number of nitrogens with two attached hydrogens (primary N) is 1. The van der Waals surface area contributed by atoms with Crippen LogP contribution in [0.25, 0.3) is 0 Å². The average molecular weight is 356 g/mol. The van der Waals surface area contributed by atoms with Crippen molar-refractivity contribution in [2.45, 2.75) is 25.8 Å². The standard InChI is InChI=1S/C15H22BrN3S/c1-3-12-10-18(2)7-4-8-19(12)14-6-5-11(16)9-13(14)15(17)20/h5-6,9,12H,3-4,7-8,10H2,1-2H3,(H2,17,20). The van der Waals surface area contributed by atoms with Crippen LogP contribution in [0.1, 0.15) is 25.3 Å². The number of rotatable bonds is 3. The van der Waals surface area contributed by atoms with E-state index >= 15 is 0 Å². The molecule has 5 heteroatoms. The number of hydrogen-bond acceptors (Lipinski definition) is 3. The zero-order valence-electron chi connectivity index (χ0n) is 12.1. The van der Waals surface area contributed by atoms with Crippen LogP contribution in [-0.2, 0) is 0 Å². The Morgan fingerprint density at radius 1 is 1.45 bits per heavy atom. The molecule has 1 aliphatic rings. The Balaban J connectivity index is 2.39. The maximum absolute atomic E-state index is 5.92. The molecule has 1 unspecified atom stereocenters. The number of nitrogens with zero attached hydrogens (tertiary/aromatic N) is 2. The molecule has 0 aliphatic carbocycles. The quantitative estimate of drug-likeness (QED) is 0.844. The average Bonchev–Trinajstić information content (AvgIpc) is 2.60. The Kier molecular flexibility index (Phi) is 5.41. The van der Waals surface area contributed by atoms with Gasteiger partial charge in [-0.3, -0.25) is 0 Å². The van der Waals surface area contributed by atoms with E-state index in [9.17, 15) is 0 Å². The van der Waals surface area contributed by atoms with Gasteiger partial charge in [-0.25, -0.2) is 0 Å². The lowest BCUT2D eigenvalue weighted by atomic mass is 10.1. The fraction of sp³-hybridized carbons (Fsp3) is 0.533. The van der Waals surface area contributed by atoms with Crippen molar-refractivity contribution in [3.63, 3.8) is 0 Å². The lowest BCUT2D eigenvalue weighted by molar-refractivity contribution is 0.328. The SMILES string of the molecule is CCC1CN(C)CCCN1c1ccc(Br)cc1C(N)=S. The molecular weight excluding hydrogens is 334 g/mol. The summed E-state index contributed by atoms with van der Waals surface area (Å²) in [6.45, 7) is 5.53. The van der Waals surface area contributed by atoms with Gasteiger partial charge in [0.15, 0.2) is 0 Å². The number of hydrogen-bond donors (Lipinski definition) is 1. The molecular formula is C15H22BrN3S. The van der Waals surface area contributed by atoms with Gasteiger partial charge in [0, 0.05) is 34.9 Å². The molecule has 2 N–H and O–H groups in total. The highest BCUT2D eigenvalue weighted by Crippen LogP contribution is 2.28. The van der Waals surface area contributed by atoms with Crippen molar-refractivity contribution in [1.82, 2.24) is 4.90 Å². The van der Waals surface area contributed by atoms with Crippen LogP contribution in [0.2, 0.25) is 0 Å². The first kappa shape index (κ1) is 15.7. The fourth-order valence-electron chi connectivity index (χ4n) is 2.87. The number of thiocarbonyl (C=S) groups is 1. The van der Waals surface area contributed by atoms with E-state index in [0.29, 0.717) is 11.0 Å². The van der Waals surface area contributed by atoms with Gasteiger partial charge in [0.05, 0.1) is 0 Å². The third-order valence-corrected chi connectivity index (χ3v) is 4.62. The zero-order chi connectivity index (χ0) is 14.7. The molecule has 0 spiro atoms. The van der Waals surface area contributed by atoms with Gasteiger partial charge >= 0.3 is 0 Å². The van der Waals surface area contributed by atoms with E-state index in [1.165, 1.54) is 12.1 Å². The van der Waals surface area contributed by atoms with E-state index in [1.54, 1.807) is 0 Å². The maximum Gasteiger partial charge on any atom is 0.106 e. The Morgan fingerprint density at radius 3 is 2.85 bits per heavy atom. The molecule has 1 atom stereocenters. The van der Waals surface area contributed by atoms with Crippen LogP contribution in [0, 0.1) is 0 Å². The third-order valence-electron chi connectivity index (χ3n) is 3.91. The van der Waals surface area contributed by atoms with E-state index in [4.69, 9.17) is 18.0 Å². The Bertz CT molecular complexity index is 492. The second-order valence-electron chi connectivity index (χ2n) is 5.40. The minimum atomic E-state index is 0.466. The molecule has 1 aliphatic heterocycles. The molecule has 2 rings (SSSR count). The first-order valence-electron chi connectivity index (χ1n) is 7.07. The van der Waals surface area contributed by atoms with E-state index in [2.05, 4.69) is 51.8 Å². The van der Waals surface area contributed by atoms with Gasteiger partial charge in [0.1, 0.15) is 4.99 Å². The topological polar surface area (TPSA) is 32.5 Å². The summed E-state index contributed by atoms with van der Waals surface area (Å²) in [7, 11) is 2.20. The summed E-state index contributed by atoms with van der Waals surface area (Å²) in [5, 5.41) is 0. The van der Waals surface area contributed by atoms with Gasteiger partial charge < -0.3 is 15.5 Å². The summed E-state index contributed by atoms with van der Waals surface area (Å²) >= 11 is 8.73. The van der Waals surface area contributed by atoms with Gasteiger partial charge in [-0.15, -0.1) is 0 Å². The summed E-state index contributed by atoms with van der Waals surface area (Å²) in [5.41, 5.74) is 8.06. The molecule has 1 heterocycles. The van der Waals surface area contributed by atoms with Gasteiger partial charge in [-0.2, -0.15) is 0 Å². The molecule has 0 bridgehead atoms. The van der Waals surface area contributed by atoms with Crippen LogP contribution in [-0.4, -0.2) is 42.6 Å². The van der Waals surface area contributed by atoms with E-state index in [-0.39, 0.29) is 0 Å². The molecule has 20 heavy (non-hydrogen) atoms. The zero-order valence-corrected chi connectivity index (χ0v) is 14.5. The predicted molar refractivity (Wildman–Crippen MR) is 93.6 cm³/mol. The van der Waals surface area contributed by atoms with Crippen molar-refractivity contribution in [2.75, 3.05) is 31.6 Å². The maximum atomic E-state index is 5.92. The molecule has 1 fully saturated rings. The normalized spacial score (nSPS) is 20.8. The van der Waals surface area contributed by atoms with Gasteiger partial charge in [0.2, 0.25) is 0 Å². The predicted octanol–water partition coefficient (Wildman–Crippen LogP) is 3.00. The Morgan fingerprint density at radius 2 is 2.20 bits per heavy atom. The molecule has 110 valence electrons. The largest absolute Gasteiger partial charge is 0.389 e. The van der Waals surface area contributed by atoms with Crippen molar-refractivity contribution in [1.29, 1.82) is 0 Å². The highest BCUT2D eigenvalue weighted by molar-refractivity contribution is 9.10. The highest BCUT2D eigenvalue weighted by Gasteiger charge is 2.24. The van der Waals surface area contributed by atoms with Crippen molar-refractivity contribution < 1.29 is 0 Å². The van der Waals surface area contributed by atoms with Gasteiger partial charge in [0.25, 0.3) is 0 Å². The molecule has 1 aromatic carbocycles. The van der Waals surface area contributed by atoms with Crippen LogP contribution >= 0.6 is 28.1 Å². The summed E-state index contributed by atoms with van der Waals surface area (Å²) < 4.78 is 1.02. The smallest absolute Gasteiger partial charge is 0.106 e. The molecule has 1 saturated heterocycles. The van der Waals surface area contributed by atoms with Crippen LogP contribution in [0.15, 0.2) is 22.7 Å². The van der Waals surface area contributed by atoms with Crippen molar-refractivity contribution in [2.24, 2.45) is 5.73 Å². The van der Waals surface area contributed by atoms with Crippen LogP contribution in [0.3, 0.4) is 0 Å². The van der Waals surface area contributed by atoms with Crippen LogP contribution in [0.5, 0.6) is 0 Å². The van der Waals surface area contributed by atoms with Crippen molar-refractivity contribution in [3.8, 4) is 0 Å². The van der Waals surface area contributed by atoms with E-state index in [1.807, 2.05) is 6.07 Å². The molecule has 3 nitrogen and oxygen atoms in total. The first-order chi connectivity index (χ1) is 9.52. The molecule has 1 aromatic rings. The highest BCUT2D eigenvalue weighted by atomic mass is 79.9. The third kappa shape index (κ3) is 3.51. The van der Waals surface area contributed by atoms with Crippen molar-refractivity contribution in [3.05, 3.63) is 28.2 Å². The molecule has 0 aromatic heterocycles. The number of anilines is 1. The van der Waals surface area contributed by atoms with Crippen molar-refractivity contribution >= 4 is 38.8 Å². The number of likely N-dealkylation sites (N-methyl/N-ethyl adjacent to an activating group) is 1. The van der Waals surface area contributed by atoms with E-state index in [0.717, 1.165) is 36.1 Å². The Labute approximate surface area is 135 Å². The molecule has 0 radical (unpaired) electrons. The monoisotopic (exact) mass is 355 g/mol. The second-order valence-corrected chi connectivity index (χ2v) is 6.75. The van der Waals surface area contributed by atoms with Crippen LogP contribution in [0.4, 0.5) is 5.69 Å². The fourth-order valence-corrected chi connectivity index (χ4v) is 3.39. The van der Waals surface area contributed by atoms with E-state index < -0.39 is 0 Å². The number of halogens is 1. The van der Waals surface area contributed by atoms with Crippen LogP contribution < -0.4 is 10.6 Å². The summed E-state index contributed by atoms with van der Waals surface area (Å²) in [5.74, 6) is 0. The van der Waals surface area contributed by atoms with Gasteiger partial charge in [-0.05, 0) is 44.6 Å². The molecule has 0 saturated carbocycles. The number of benzene rings is 1. The minimum absolute atomic E-state index is 0.466. The minimum Gasteiger partial charge on any atom is -0.389 e.